The Hall–Kier alpha value is -2.26. The highest BCUT2D eigenvalue weighted by molar-refractivity contribution is 5.97. The molecule has 2 aromatic rings. The molecule has 3 heteroatoms. The molecule has 3 nitrogen and oxygen atoms in total. The first-order valence-electron chi connectivity index (χ1n) is 11.1. The lowest BCUT2D eigenvalue weighted by Gasteiger charge is -2.24. The maximum Gasteiger partial charge on any atom is 0.162 e. The smallest absolute Gasteiger partial charge is 0.162 e. The average molecular weight is 390 g/mol. The van der Waals surface area contributed by atoms with Crippen molar-refractivity contribution in [1.29, 1.82) is 0 Å². The van der Waals surface area contributed by atoms with Gasteiger partial charge in [-0.2, -0.15) is 0 Å². The van der Waals surface area contributed by atoms with Crippen LogP contribution in [-0.2, 0) is 24.1 Å². The van der Waals surface area contributed by atoms with Crippen molar-refractivity contribution in [3.05, 3.63) is 70.8 Å². The molecular weight excluding hydrogens is 358 g/mol. The molecule has 0 amide bonds. The number of ketones is 2. The van der Waals surface area contributed by atoms with Gasteiger partial charge in [-0.1, -0.05) is 42.5 Å². The van der Waals surface area contributed by atoms with Crippen molar-refractivity contribution in [3.8, 4) is 0 Å². The molecular formula is C26H31NO2. The van der Waals surface area contributed by atoms with Crippen molar-refractivity contribution in [2.45, 2.75) is 51.4 Å². The maximum atomic E-state index is 12.7. The Kier molecular flexibility index (Phi) is 6.56. The van der Waals surface area contributed by atoms with Crippen LogP contribution in [-0.4, -0.2) is 36.1 Å². The van der Waals surface area contributed by atoms with Gasteiger partial charge in [0.1, 0.15) is 5.78 Å². The summed E-state index contributed by atoms with van der Waals surface area (Å²) >= 11 is 0. The van der Waals surface area contributed by atoms with Crippen LogP contribution < -0.4 is 0 Å². The highest BCUT2D eigenvalue weighted by Crippen LogP contribution is 2.27. The summed E-state index contributed by atoms with van der Waals surface area (Å²) in [5, 5.41) is 0. The van der Waals surface area contributed by atoms with Crippen LogP contribution in [0.4, 0.5) is 0 Å². The van der Waals surface area contributed by atoms with Crippen molar-refractivity contribution >= 4 is 11.6 Å². The number of rotatable bonds is 8. The molecule has 29 heavy (non-hydrogen) atoms. The summed E-state index contributed by atoms with van der Waals surface area (Å²) < 4.78 is 0. The van der Waals surface area contributed by atoms with Crippen LogP contribution >= 0.6 is 0 Å². The SMILES string of the molecule is O=C(CCCCN1CCCC1)c1ccc2c(c1)CC(=O)C(Cc1ccccc1)C2. The van der Waals surface area contributed by atoms with E-state index in [9.17, 15) is 9.59 Å². The number of hydrogen-bond acceptors (Lipinski definition) is 3. The second-order valence-electron chi connectivity index (χ2n) is 8.65. The monoisotopic (exact) mass is 389 g/mol. The van der Waals surface area contributed by atoms with Gasteiger partial charge in [-0.05, 0) is 80.9 Å². The number of likely N-dealkylation sites (tertiary alicyclic amines) is 1. The number of nitrogens with zero attached hydrogens (tertiary/aromatic N) is 1. The van der Waals surface area contributed by atoms with Crippen LogP contribution in [0.15, 0.2) is 48.5 Å². The molecule has 0 saturated carbocycles. The molecule has 1 unspecified atom stereocenters. The summed E-state index contributed by atoms with van der Waals surface area (Å²) in [6.07, 6.45) is 7.34. The molecule has 152 valence electrons. The summed E-state index contributed by atoms with van der Waals surface area (Å²) in [4.78, 5) is 27.8. The Bertz CT molecular complexity index is 852. The standard InChI is InChI=1S/C26H31NO2/c28-25(10-4-5-13-27-14-6-7-15-27)22-12-11-21-17-24(26(29)19-23(21)18-22)16-20-8-2-1-3-9-20/h1-3,8-9,11-12,18,24H,4-7,10,13-17,19H2. The van der Waals surface area contributed by atoms with Crippen LogP contribution in [0.5, 0.6) is 0 Å². The molecule has 2 aliphatic rings. The van der Waals surface area contributed by atoms with Crippen molar-refractivity contribution < 1.29 is 9.59 Å². The predicted molar refractivity (Wildman–Crippen MR) is 116 cm³/mol. The molecule has 1 fully saturated rings. The quantitative estimate of drug-likeness (QED) is 0.487. The van der Waals surface area contributed by atoms with Gasteiger partial charge in [0.15, 0.2) is 5.78 Å². The van der Waals surface area contributed by atoms with Crippen LogP contribution in [0.3, 0.4) is 0 Å². The molecule has 0 N–H and O–H groups in total. The number of benzene rings is 2. The van der Waals surface area contributed by atoms with Gasteiger partial charge in [-0.3, -0.25) is 9.59 Å². The zero-order valence-electron chi connectivity index (χ0n) is 17.2. The van der Waals surface area contributed by atoms with Gasteiger partial charge in [-0.25, -0.2) is 0 Å². The van der Waals surface area contributed by atoms with Crippen LogP contribution in [0, 0.1) is 5.92 Å². The molecule has 4 rings (SSSR count). The Labute approximate surface area is 174 Å². The number of hydrogen-bond donors (Lipinski definition) is 0. The van der Waals surface area contributed by atoms with Crippen molar-refractivity contribution in [3.63, 3.8) is 0 Å². The first-order valence-corrected chi connectivity index (χ1v) is 11.1. The highest BCUT2D eigenvalue weighted by atomic mass is 16.1. The number of carbonyl (C=O) groups excluding carboxylic acids is 2. The van der Waals surface area contributed by atoms with Gasteiger partial charge >= 0.3 is 0 Å². The van der Waals surface area contributed by atoms with Gasteiger partial charge in [0, 0.05) is 24.3 Å². The van der Waals surface area contributed by atoms with E-state index in [0.29, 0.717) is 18.6 Å². The first-order chi connectivity index (χ1) is 14.2. The van der Waals surface area contributed by atoms with E-state index in [2.05, 4.69) is 23.1 Å². The number of Topliss-reactive ketones (excluding diaryl/α,β-unsaturated/α-hetero) is 2. The van der Waals surface area contributed by atoms with E-state index in [4.69, 9.17) is 0 Å². The molecule has 1 aliphatic carbocycles. The lowest BCUT2D eigenvalue weighted by atomic mass is 9.79. The number of fused-ring (bicyclic) bond motifs is 1. The van der Waals surface area contributed by atoms with Crippen molar-refractivity contribution in [2.24, 2.45) is 5.92 Å². The minimum absolute atomic E-state index is 0.0528. The largest absolute Gasteiger partial charge is 0.303 e. The third kappa shape index (κ3) is 5.22. The second kappa shape index (κ2) is 9.49. The van der Waals surface area contributed by atoms with E-state index in [0.717, 1.165) is 43.4 Å². The molecule has 1 aliphatic heterocycles. The van der Waals surface area contributed by atoms with Crippen molar-refractivity contribution in [2.75, 3.05) is 19.6 Å². The third-order valence-corrected chi connectivity index (χ3v) is 6.47. The third-order valence-electron chi connectivity index (χ3n) is 6.47. The summed E-state index contributed by atoms with van der Waals surface area (Å²) in [6, 6.07) is 16.3. The van der Waals surface area contributed by atoms with Gasteiger partial charge in [-0.15, -0.1) is 0 Å². The summed E-state index contributed by atoms with van der Waals surface area (Å²) in [6.45, 7) is 3.56. The number of carbonyl (C=O) groups is 2. The molecule has 1 heterocycles. The zero-order valence-corrected chi connectivity index (χ0v) is 17.2. The van der Waals surface area contributed by atoms with Gasteiger partial charge in [0.05, 0.1) is 0 Å². The normalized spacial score (nSPS) is 19.3. The lowest BCUT2D eigenvalue weighted by Crippen LogP contribution is -2.27. The molecule has 0 radical (unpaired) electrons. The van der Waals surface area contributed by atoms with Crippen LogP contribution in [0.25, 0.3) is 0 Å². The molecule has 0 aromatic heterocycles. The number of unbranched alkanes of at least 4 members (excludes halogenated alkanes) is 1. The molecule has 1 atom stereocenters. The van der Waals surface area contributed by atoms with Crippen LogP contribution in [0.2, 0.25) is 0 Å². The van der Waals surface area contributed by atoms with Crippen molar-refractivity contribution in [1.82, 2.24) is 4.90 Å². The van der Waals surface area contributed by atoms with E-state index in [1.165, 1.54) is 37.1 Å². The van der Waals surface area contributed by atoms with Gasteiger partial charge in [0.25, 0.3) is 0 Å². The van der Waals surface area contributed by atoms with E-state index in [1.54, 1.807) is 0 Å². The molecule has 0 spiro atoms. The molecule has 2 aromatic carbocycles. The lowest BCUT2D eigenvalue weighted by molar-refractivity contribution is -0.122. The Balaban J connectivity index is 1.32. The molecule has 0 bridgehead atoms. The first kappa shape index (κ1) is 20.0. The Morgan fingerprint density at radius 2 is 1.76 bits per heavy atom. The Morgan fingerprint density at radius 1 is 0.966 bits per heavy atom. The topological polar surface area (TPSA) is 37.4 Å². The highest BCUT2D eigenvalue weighted by Gasteiger charge is 2.27. The fraction of sp³-hybridized carbons (Fsp3) is 0.462. The maximum absolute atomic E-state index is 12.7. The minimum Gasteiger partial charge on any atom is -0.303 e. The zero-order chi connectivity index (χ0) is 20.1. The fourth-order valence-electron chi connectivity index (χ4n) is 4.73. The van der Waals surface area contributed by atoms with E-state index >= 15 is 0 Å². The van der Waals surface area contributed by atoms with E-state index in [-0.39, 0.29) is 11.7 Å². The summed E-state index contributed by atoms with van der Waals surface area (Å²) in [5.74, 6) is 0.571. The Morgan fingerprint density at radius 3 is 2.55 bits per heavy atom. The summed E-state index contributed by atoms with van der Waals surface area (Å²) in [7, 11) is 0. The predicted octanol–water partition coefficient (Wildman–Crippen LogP) is 4.66. The second-order valence-corrected chi connectivity index (χ2v) is 8.65. The minimum atomic E-state index is 0.0528. The van der Waals surface area contributed by atoms with E-state index < -0.39 is 0 Å². The van der Waals surface area contributed by atoms with Crippen LogP contribution in [0.1, 0.15) is 59.2 Å². The van der Waals surface area contributed by atoms with Gasteiger partial charge in [0.2, 0.25) is 0 Å². The summed E-state index contributed by atoms with van der Waals surface area (Å²) in [5.41, 5.74) is 4.28. The van der Waals surface area contributed by atoms with E-state index in [1.807, 2.05) is 30.3 Å². The molecule has 1 saturated heterocycles. The van der Waals surface area contributed by atoms with Gasteiger partial charge < -0.3 is 4.90 Å². The average Bonchev–Trinajstić information content (AvgIpc) is 3.25. The fourth-order valence-corrected chi connectivity index (χ4v) is 4.73.